The van der Waals surface area contributed by atoms with Gasteiger partial charge in [-0.3, -0.25) is 4.79 Å². The summed E-state index contributed by atoms with van der Waals surface area (Å²) in [5.74, 6) is 0.775. The van der Waals surface area contributed by atoms with E-state index in [0.717, 1.165) is 11.1 Å². The van der Waals surface area contributed by atoms with Crippen LogP contribution in [0.15, 0.2) is 53.4 Å². The molecule has 146 valence electrons. The van der Waals surface area contributed by atoms with Crippen LogP contribution in [0.3, 0.4) is 0 Å². The second-order valence-electron chi connectivity index (χ2n) is 7.02. The molecule has 0 bridgehead atoms. The Kier molecular flexibility index (Phi) is 6.65. The van der Waals surface area contributed by atoms with Crippen molar-refractivity contribution in [2.24, 2.45) is 0 Å². The molecule has 27 heavy (non-hydrogen) atoms. The number of nitrogens with one attached hydrogen (secondary N) is 1. The molecular formula is C21H27NO4S. The van der Waals surface area contributed by atoms with Gasteiger partial charge in [0.15, 0.2) is 15.9 Å². The summed E-state index contributed by atoms with van der Waals surface area (Å²) in [7, 11) is -3.23. The quantitative estimate of drug-likeness (QED) is 0.780. The van der Waals surface area contributed by atoms with Crippen LogP contribution in [0.5, 0.6) is 5.75 Å². The third kappa shape index (κ3) is 5.57. The number of para-hydroxylation sites is 1. The first kappa shape index (κ1) is 21.0. The van der Waals surface area contributed by atoms with E-state index in [-0.39, 0.29) is 16.8 Å². The molecule has 2 aromatic rings. The van der Waals surface area contributed by atoms with Crippen LogP contribution in [0.1, 0.15) is 50.8 Å². The first-order chi connectivity index (χ1) is 12.6. The lowest BCUT2D eigenvalue weighted by Gasteiger charge is -2.21. The highest BCUT2D eigenvalue weighted by molar-refractivity contribution is 7.90. The van der Waals surface area contributed by atoms with E-state index in [2.05, 4.69) is 19.2 Å². The van der Waals surface area contributed by atoms with Gasteiger partial charge in [0.2, 0.25) is 0 Å². The summed E-state index contributed by atoms with van der Waals surface area (Å²) in [6.07, 6.45) is 0.518. The molecule has 2 aromatic carbocycles. The summed E-state index contributed by atoms with van der Waals surface area (Å²) in [5, 5.41) is 2.91. The summed E-state index contributed by atoms with van der Waals surface area (Å²) >= 11 is 0. The average molecular weight is 390 g/mol. The molecule has 0 radical (unpaired) electrons. The van der Waals surface area contributed by atoms with Crippen molar-refractivity contribution in [2.75, 3.05) is 6.26 Å². The van der Waals surface area contributed by atoms with E-state index >= 15 is 0 Å². The highest BCUT2D eigenvalue weighted by Gasteiger charge is 2.19. The highest BCUT2D eigenvalue weighted by atomic mass is 32.2. The van der Waals surface area contributed by atoms with Gasteiger partial charge in [-0.15, -0.1) is 0 Å². The third-order valence-corrected chi connectivity index (χ3v) is 5.51. The van der Waals surface area contributed by atoms with Gasteiger partial charge < -0.3 is 10.1 Å². The van der Waals surface area contributed by atoms with Crippen LogP contribution >= 0.6 is 0 Å². The zero-order valence-electron chi connectivity index (χ0n) is 16.4. The van der Waals surface area contributed by atoms with Crippen LogP contribution < -0.4 is 10.1 Å². The van der Waals surface area contributed by atoms with Crippen molar-refractivity contribution in [3.63, 3.8) is 0 Å². The van der Waals surface area contributed by atoms with E-state index in [1.807, 2.05) is 31.2 Å². The van der Waals surface area contributed by atoms with Gasteiger partial charge in [0.1, 0.15) is 5.75 Å². The number of benzene rings is 2. The minimum atomic E-state index is -3.23. The molecule has 0 unspecified atom stereocenters. The Bertz CT molecular complexity index is 889. The van der Waals surface area contributed by atoms with Gasteiger partial charge in [-0.2, -0.15) is 0 Å². The standard InChI is InChI=1S/C21H27NO4S/c1-14(2)19-8-6-7-9-20(19)26-16(4)21(23)22-15(3)17-10-12-18(13-11-17)27(5,24)25/h6-16H,1-5H3,(H,22,23)/t15-,16+/m1/s1. The topological polar surface area (TPSA) is 72.5 Å². The second-order valence-corrected chi connectivity index (χ2v) is 9.04. The van der Waals surface area contributed by atoms with Crippen molar-refractivity contribution in [3.05, 3.63) is 59.7 Å². The van der Waals surface area contributed by atoms with Crippen molar-refractivity contribution in [3.8, 4) is 5.75 Å². The van der Waals surface area contributed by atoms with Crippen molar-refractivity contribution >= 4 is 15.7 Å². The molecule has 0 aliphatic carbocycles. The molecule has 2 rings (SSSR count). The molecule has 0 spiro atoms. The lowest BCUT2D eigenvalue weighted by atomic mass is 10.0. The first-order valence-corrected chi connectivity index (χ1v) is 10.8. The molecule has 0 aromatic heterocycles. The van der Waals surface area contributed by atoms with Crippen LogP contribution in [0.4, 0.5) is 0 Å². The molecule has 0 aliphatic heterocycles. The molecule has 0 fully saturated rings. The van der Waals surface area contributed by atoms with Crippen LogP contribution in [-0.2, 0) is 14.6 Å². The zero-order chi connectivity index (χ0) is 20.2. The van der Waals surface area contributed by atoms with Crippen LogP contribution in [0.2, 0.25) is 0 Å². The summed E-state index contributed by atoms with van der Waals surface area (Å²) in [4.78, 5) is 12.8. The molecule has 2 atom stereocenters. The maximum Gasteiger partial charge on any atom is 0.261 e. The van der Waals surface area contributed by atoms with E-state index in [9.17, 15) is 13.2 Å². The fourth-order valence-electron chi connectivity index (χ4n) is 2.73. The predicted octanol–water partition coefficient (Wildman–Crippen LogP) is 3.86. The van der Waals surface area contributed by atoms with E-state index in [1.165, 1.54) is 6.26 Å². The molecule has 0 aliphatic rings. The number of carbonyl (C=O) groups excluding carboxylic acids is 1. The summed E-state index contributed by atoms with van der Waals surface area (Å²) < 4.78 is 29.0. The second kappa shape index (κ2) is 8.57. The van der Waals surface area contributed by atoms with E-state index < -0.39 is 15.9 Å². The van der Waals surface area contributed by atoms with Crippen molar-refractivity contribution in [1.29, 1.82) is 0 Å². The monoisotopic (exact) mass is 389 g/mol. The molecule has 1 N–H and O–H groups in total. The zero-order valence-corrected chi connectivity index (χ0v) is 17.2. The Morgan fingerprint density at radius 1 is 0.963 bits per heavy atom. The molecular weight excluding hydrogens is 362 g/mol. The number of rotatable bonds is 7. The maximum absolute atomic E-state index is 12.5. The Balaban J connectivity index is 2.04. The fourth-order valence-corrected chi connectivity index (χ4v) is 3.36. The first-order valence-electron chi connectivity index (χ1n) is 8.95. The molecule has 0 saturated heterocycles. The molecule has 0 heterocycles. The Morgan fingerprint density at radius 3 is 2.11 bits per heavy atom. The van der Waals surface area contributed by atoms with E-state index in [4.69, 9.17) is 4.74 Å². The number of amides is 1. The normalized spacial score (nSPS) is 13.9. The van der Waals surface area contributed by atoms with Crippen molar-refractivity contribution < 1.29 is 17.9 Å². The van der Waals surface area contributed by atoms with Crippen LogP contribution in [0.25, 0.3) is 0 Å². The van der Waals surface area contributed by atoms with E-state index in [1.54, 1.807) is 31.2 Å². The number of hydrogen-bond acceptors (Lipinski definition) is 4. The summed E-state index contributed by atoms with van der Waals surface area (Å²) in [6.45, 7) is 7.72. The van der Waals surface area contributed by atoms with Crippen LogP contribution in [-0.4, -0.2) is 26.7 Å². The number of hydrogen-bond donors (Lipinski definition) is 1. The molecule has 1 amide bonds. The Morgan fingerprint density at radius 2 is 1.56 bits per heavy atom. The number of sulfone groups is 1. The Hall–Kier alpha value is -2.34. The molecule has 0 saturated carbocycles. The van der Waals surface area contributed by atoms with Crippen molar-refractivity contribution in [2.45, 2.75) is 50.7 Å². The summed E-state index contributed by atoms with van der Waals surface area (Å²) in [5.41, 5.74) is 1.88. The molecule has 5 nitrogen and oxygen atoms in total. The smallest absolute Gasteiger partial charge is 0.261 e. The van der Waals surface area contributed by atoms with Gasteiger partial charge in [-0.05, 0) is 49.1 Å². The largest absolute Gasteiger partial charge is 0.481 e. The van der Waals surface area contributed by atoms with Gasteiger partial charge in [0.25, 0.3) is 5.91 Å². The molecule has 6 heteroatoms. The minimum absolute atomic E-state index is 0.228. The van der Waals surface area contributed by atoms with Crippen molar-refractivity contribution in [1.82, 2.24) is 5.32 Å². The fraction of sp³-hybridized carbons (Fsp3) is 0.381. The Labute approximate surface area is 161 Å². The maximum atomic E-state index is 12.5. The third-order valence-electron chi connectivity index (χ3n) is 4.38. The van der Waals surface area contributed by atoms with Gasteiger partial charge in [-0.25, -0.2) is 8.42 Å². The predicted molar refractivity (Wildman–Crippen MR) is 107 cm³/mol. The minimum Gasteiger partial charge on any atom is -0.481 e. The average Bonchev–Trinajstić information content (AvgIpc) is 2.61. The van der Waals surface area contributed by atoms with Gasteiger partial charge in [-0.1, -0.05) is 44.2 Å². The number of carbonyl (C=O) groups is 1. The summed E-state index contributed by atoms with van der Waals surface area (Å²) in [6, 6.07) is 14.0. The lowest BCUT2D eigenvalue weighted by molar-refractivity contribution is -0.127. The lowest BCUT2D eigenvalue weighted by Crippen LogP contribution is -2.37. The van der Waals surface area contributed by atoms with E-state index in [0.29, 0.717) is 11.7 Å². The number of ether oxygens (including phenoxy) is 1. The van der Waals surface area contributed by atoms with Gasteiger partial charge >= 0.3 is 0 Å². The SMILES string of the molecule is CC(C)c1ccccc1O[C@@H](C)C(=O)N[C@H](C)c1ccc(S(C)(=O)=O)cc1. The van der Waals surface area contributed by atoms with Gasteiger partial charge in [0, 0.05) is 6.26 Å². The highest BCUT2D eigenvalue weighted by Crippen LogP contribution is 2.27. The van der Waals surface area contributed by atoms with Crippen LogP contribution in [0, 0.1) is 0 Å². The van der Waals surface area contributed by atoms with Gasteiger partial charge in [0.05, 0.1) is 10.9 Å².